The first kappa shape index (κ1) is 43.7. The Morgan fingerprint density at radius 1 is 0.435 bits per heavy atom. The fourth-order valence-electron chi connectivity index (χ4n) is 10.3. The van der Waals surface area contributed by atoms with E-state index in [4.69, 9.17) is 9.72 Å². The van der Waals surface area contributed by atoms with Gasteiger partial charge in [0.2, 0.25) is 0 Å². The fourth-order valence-corrected chi connectivity index (χ4v) is 10.3. The third-order valence-electron chi connectivity index (χ3n) is 14.5. The zero-order valence-corrected chi connectivity index (χ0v) is 40.6. The van der Waals surface area contributed by atoms with E-state index in [1.54, 1.807) is 0 Å². The minimum atomic E-state index is -0.226. The summed E-state index contributed by atoms with van der Waals surface area (Å²) in [6.45, 7) is 16.7. The predicted molar refractivity (Wildman–Crippen MR) is 288 cm³/mol. The normalized spacial score (nSPS) is 13.0. The molecule has 340 valence electrons. The van der Waals surface area contributed by atoms with Gasteiger partial charge in [-0.1, -0.05) is 176 Å². The van der Waals surface area contributed by atoms with E-state index in [0.29, 0.717) is 6.67 Å². The number of rotatable bonds is 10. The average molecular weight is 899 g/mol. The van der Waals surface area contributed by atoms with Crippen LogP contribution in [0.2, 0.25) is 0 Å². The van der Waals surface area contributed by atoms with Crippen molar-refractivity contribution in [3.63, 3.8) is 0 Å². The lowest BCUT2D eigenvalue weighted by atomic mass is 9.78. The van der Waals surface area contributed by atoms with Crippen LogP contribution in [0.1, 0.15) is 76.3 Å². The number of nitrogens with zero attached hydrogens (tertiary/aromatic N) is 4. The molecule has 0 fully saturated rings. The van der Waals surface area contributed by atoms with Crippen LogP contribution in [0.4, 0.5) is 22.7 Å². The van der Waals surface area contributed by atoms with Crippen LogP contribution < -0.4 is 14.5 Å². The largest absolute Gasteiger partial charge is 0.457 e. The van der Waals surface area contributed by atoms with Crippen molar-refractivity contribution in [2.75, 3.05) is 16.5 Å². The molecule has 0 atom stereocenters. The van der Waals surface area contributed by atoms with Gasteiger partial charge in [0.05, 0.1) is 22.4 Å². The molecule has 3 heterocycles. The van der Waals surface area contributed by atoms with Gasteiger partial charge in [0.15, 0.2) is 0 Å². The average Bonchev–Trinajstić information content (AvgIpc) is 3.93. The second-order valence-electron chi connectivity index (χ2n) is 20.6. The van der Waals surface area contributed by atoms with Gasteiger partial charge in [0.1, 0.15) is 24.0 Å². The first-order valence-electron chi connectivity index (χ1n) is 24.1. The van der Waals surface area contributed by atoms with Crippen LogP contribution in [-0.4, -0.2) is 16.2 Å². The third kappa shape index (κ3) is 7.92. The van der Waals surface area contributed by atoms with Crippen molar-refractivity contribution in [2.24, 2.45) is 0 Å². The first-order chi connectivity index (χ1) is 33.3. The van der Waals surface area contributed by atoms with Crippen LogP contribution in [0, 0.1) is 0 Å². The van der Waals surface area contributed by atoms with E-state index in [9.17, 15) is 0 Å². The van der Waals surface area contributed by atoms with Crippen LogP contribution in [0.25, 0.3) is 38.8 Å². The standard InChI is InChI=1S/C64H58N4O/c1-62(2,3)47-32-35-57-56(39-47)55-34-33-53(42-59(55)68(57)60-40-49(36-37-65-60)64(6,7)46-24-15-10-16-25-46)69-52-29-18-28-51(41-52)66-43-67(61-54(30-19-31-58(61)66)44-20-11-8-12-21-44)50-27-17-26-48(38-50)63(4,5)45-22-13-9-14-23-45/h8-42H,43H2,1-7H3. The maximum Gasteiger partial charge on any atom is 0.137 e. The Bertz CT molecular complexity index is 3490. The van der Waals surface area contributed by atoms with Crippen molar-refractivity contribution in [1.29, 1.82) is 0 Å². The van der Waals surface area contributed by atoms with E-state index in [1.807, 2.05) is 6.20 Å². The molecule has 0 radical (unpaired) electrons. The second-order valence-corrected chi connectivity index (χ2v) is 20.6. The molecule has 10 aromatic rings. The summed E-state index contributed by atoms with van der Waals surface area (Å²) in [5, 5.41) is 2.35. The number of fused-ring (bicyclic) bond motifs is 4. The van der Waals surface area contributed by atoms with E-state index in [2.05, 4.69) is 269 Å². The maximum atomic E-state index is 6.90. The molecule has 0 aliphatic carbocycles. The van der Waals surface area contributed by atoms with Gasteiger partial charge < -0.3 is 14.5 Å². The van der Waals surface area contributed by atoms with Gasteiger partial charge in [-0.2, -0.15) is 0 Å². The Labute approximate surface area is 406 Å². The lowest BCUT2D eigenvalue weighted by Crippen LogP contribution is -2.25. The van der Waals surface area contributed by atoms with Crippen LogP contribution in [-0.2, 0) is 16.2 Å². The molecule has 2 aromatic heterocycles. The van der Waals surface area contributed by atoms with Gasteiger partial charge in [-0.05, 0) is 106 Å². The highest BCUT2D eigenvalue weighted by atomic mass is 16.5. The van der Waals surface area contributed by atoms with Crippen molar-refractivity contribution < 1.29 is 4.74 Å². The summed E-state index contributed by atoms with van der Waals surface area (Å²) in [7, 11) is 0. The Morgan fingerprint density at radius 2 is 1.04 bits per heavy atom. The smallest absolute Gasteiger partial charge is 0.137 e. The predicted octanol–water partition coefficient (Wildman–Crippen LogP) is 16.8. The maximum absolute atomic E-state index is 6.90. The van der Waals surface area contributed by atoms with Crippen LogP contribution in [0.15, 0.2) is 212 Å². The van der Waals surface area contributed by atoms with Gasteiger partial charge in [0.25, 0.3) is 0 Å². The second kappa shape index (κ2) is 17.0. The van der Waals surface area contributed by atoms with Crippen molar-refractivity contribution in [3.8, 4) is 28.4 Å². The van der Waals surface area contributed by atoms with Gasteiger partial charge >= 0.3 is 0 Å². The Morgan fingerprint density at radius 3 is 1.74 bits per heavy atom. The highest BCUT2D eigenvalue weighted by molar-refractivity contribution is 6.10. The molecule has 0 unspecified atom stereocenters. The number of benzene rings is 8. The van der Waals surface area contributed by atoms with E-state index >= 15 is 0 Å². The summed E-state index contributed by atoms with van der Waals surface area (Å²) in [4.78, 5) is 9.92. The summed E-state index contributed by atoms with van der Waals surface area (Å²) in [6, 6.07) is 74.3. The zero-order chi connectivity index (χ0) is 47.5. The molecule has 0 spiro atoms. The summed E-state index contributed by atoms with van der Waals surface area (Å²) >= 11 is 0. The van der Waals surface area contributed by atoms with E-state index in [1.165, 1.54) is 50.0 Å². The Hall–Kier alpha value is -7.89. The monoisotopic (exact) mass is 898 g/mol. The topological polar surface area (TPSA) is 33.5 Å². The number of para-hydroxylation sites is 1. The van der Waals surface area contributed by atoms with Crippen molar-refractivity contribution >= 4 is 44.6 Å². The lowest BCUT2D eigenvalue weighted by Gasteiger charge is -2.29. The summed E-state index contributed by atoms with van der Waals surface area (Å²) in [6.07, 6.45) is 1.95. The minimum absolute atomic E-state index is 0.00607. The lowest BCUT2D eigenvalue weighted by molar-refractivity contribution is 0.483. The SMILES string of the molecule is CC(C)(C)c1ccc2c(c1)c1ccc(Oc3cccc(N4CN(c5cccc(C(C)(C)c6ccccc6)c5)c5c(-c6ccccc6)cccc54)c3)cc1n2-c1cc(C(C)(C)c2ccccc2)ccn1. The minimum Gasteiger partial charge on any atom is -0.457 e. The summed E-state index contributed by atoms with van der Waals surface area (Å²) < 4.78 is 9.21. The van der Waals surface area contributed by atoms with Gasteiger partial charge in [-0.15, -0.1) is 0 Å². The van der Waals surface area contributed by atoms with Gasteiger partial charge in [0, 0.05) is 56.9 Å². The number of aromatic nitrogens is 2. The van der Waals surface area contributed by atoms with Crippen LogP contribution in [0.5, 0.6) is 11.5 Å². The molecule has 0 saturated carbocycles. The van der Waals surface area contributed by atoms with Crippen molar-refractivity contribution in [3.05, 3.63) is 240 Å². The van der Waals surface area contributed by atoms with Gasteiger partial charge in [-0.25, -0.2) is 4.98 Å². The highest BCUT2D eigenvalue weighted by Crippen LogP contribution is 2.50. The molecule has 1 aliphatic rings. The van der Waals surface area contributed by atoms with E-state index < -0.39 is 0 Å². The number of ether oxygens (including phenoxy) is 1. The molecule has 69 heavy (non-hydrogen) atoms. The van der Waals surface area contributed by atoms with Crippen molar-refractivity contribution in [2.45, 2.75) is 64.7 Å². The van der Waals surface area contributed by atoms with E-state index in [0.717, 1.165) is 50.8 Å². The highest BCUT2D eigenvalue weighted by Gasteiger charge is 2.33. The summed E-state index contributed by atoms with van der Waals surface area (Å²) in [5.41, 5.74) is 15.0. The Balaban J connectivity index is 0.982. The molecule has 1 aliphatic heterocycles. The number of hydrogen-bond donors (Lipinski definition) is 0. The molecule has 5 heteroatoms. The third-order valence-corrected chi connectivity index (χ3v) is 14.5. The van der Waals surface area contributed by atoms with Gasteiger partial charge in [-0.3, -0.25) is 4.57 Å². The molecular formula is C64H58N4O. The number of pyridine rings is 1. The van der Waals surface area contributed by atoms with E-state index in [-0.39, 0.29) is 16.2 Å². The molecule has 8 aromatic carbocycles. The number of anilines is 4. The molecule has 0 bridgehead atoms. The number of hydrogen-bond acceptors (Lipinski definition) is 4. The fraction of sp³-hybridized carbons (Fsp3) is 0.172. The molecular weight excluding hydrogens is 841 g/mol. The first-order valence-corrected chi connectivity index (χ1v) is 24.1. The molecule has 5 nitrogen and oxygen atoms in total. The molecule has 0 N–H and O–H groups in total. The van der Waals surface area contributed by atoms with Crippen molar-refractivity contribution in [1.82, 2.24) is 9.55 Å². The summed E-state index contributed by atoms with van der Waals surface area (Å²) in [5.74, 6) is 2.40. The zero-order valence-electron chi connectivity index (χ0n) is 40.6. The molecule has 11 rings (SSSR count). The molecule has 0 amide bonds. The quantitative estimate of drug-likeness (QED) is 0.137. The molecule has 0 saturated heterocycles. The Kier molecular flexibility index (Phi) is 10.8. The van der Waals surface area contributed by atoms with Crippen LogP contribution in [0.3, 0.4) is 0 Å². The van der Waals surface area contributed by atoms with Crippen LogP contribution >= 0.6 is 0 Å².